The molecule has 0 aliphatic heterocycles. The number of benzene rings is 1. The third-order valence-corrected chi connectivity index (χ3v) is 4.01. The van der Waals surface area contributed by atoms with Crippen molar-refractivity contribution < 1.29 is 24.2 Å². The Labute approximate surface area is 149 Å². The maximum Gasteiger partial charge on any atom is 0.323 e. The van der Waals surface area contributed by atoms with Crippen molar-refractivity contribution in [3.63, 3.8) is 0 Å². The minimum Gasteiger partial charge on any atom is -0.493 e. The zero-order chi connectivity index (χ0) is 18.2. The molecule has 0 saturated carbocycles. The van der Waals surface area contributed by atoms with Gasteiger partial charge >= 0.3 is 5.97 Å². The summed E-state index contributed by atoms with van der Waals surface area (Å²) < 4.78 is 11.0. The van der Waals surface area contributed by atoms with Crippen molar-refractivity contribution in [2.45, 2.75) is 20.0 Å². The number of amides is 1. The van der Waals surface area contributed by atoms with Gasteiger partial charge in [0.2, 0.25) is 0 Å². The van der Waals surface area contributed by atoms with Gasteiger partial charge in [-0.25, -0.2) is 4.98 Å². The monoisotopic (exact) mass is 364 g/mol. The minimum absolute atomic E-state index is 0.300. The summed E-state index contributed by atoms with van der Waals surface area (Å²) in [4.78, 5) is 28.9. The third kappa shape index (κ3) is 5.18. The predicted molar refractivity (Wildman–Crippen MR) is 93.3 cm³/mol. The van der Waals surface area contributed by atoms with Crippen LogP contribution in [0.2, 0.25) is 0 Å². The molecule has 0 spiro atoms. The molecular weight excluding hydrogens is 344 g/mol. The van der Waals surface area contributed by atoms with Gasteiger partial charge in [-0.05, 0) is 24.6 Å². The van der Waals surface area contributed by atoms with Gasteiger partial charge < -0.3 is 19.5 Å². The van der Waals surface area contributed by atoms with E-state index in [0.717, 1.165) is 5.69 Å². The Balaban J connectivity index is 2.15. The number of carbonyl (C=O) groups is 2. The lowest BCUT2D eigenvalue weighted by atomic mass is 10.1. The molecule has 1 aromatic carbocycles. The van der Waals surface area contributed by atoms with E-state index in [-0.39, 0.29) is 12.5 Å². The number of carbonyl (C=O) groups excluding carboxylic acids is 1. The SMILES string of the molecule is CCCN(CC(=O)O)C(=O)c1ccc(OCc2cscn2)c(OC)c1. The largest absolute Gasteiger partial charge is 0.493 e. The number of methoxy groups -OCH3 is 1. The highest BCUT2D eigenvalue weighted by Gasteiger charge is 2.19. The molecule has 2 aromatic rings. The second kappa shape index (κ2) is 9.03. The molecule has 1 N–H and O–H groups in total. The number of hydrogen-bond donors (Lipinski definition) is 1. The van der Waals surface area contributed by atoms with E-state index in [1.165, 1.54) is 23.3 Å². The van der Waals surface area contributed by atoms with Crippen LogP contribution < -0.4 is 9.47 Å². The molecule has 0 aliphatic rings. The summed E-state index contributed by atoms with van der Waals surface area (Å²) in [5.41, 5.74) is 2.89. The van der Waals surface area contributed by atoms with Crippen molar-refractivity contribution in [2.75, 3.05) is 20.2 Å². The first-order valence-electron chi connectivity index (χ1n) is 7.74. The Morgan fingerprint density at radius 3 is 2.72 bits per heavy atom. The van der Waals surface area contributed by atoms with E-state index in [9.17, 15) is 9.59 Å². The van der Waals surface area contributed by atoms with Crippen LogP contribution in [-0.4, -0.2) is 47.1 Å². The molecule has 134 valence electrons. The highest BCUT2D eigenvalue weighted by atomic mass is 32.1. The van der Waals surface area contributed by atoms with Gasteiger partial charge in [-0.15, -0.1) is 11.3 Å². The molecular formula is C17H20N2O5S. The molecule has 0 radical (unpaired) electrons. The second-order valence-corrected chi connectivity index (χ2v) is 5.97. The molecule has 0 atom stereocenters. The summed E-state index contributed by atoms with van der Waals surface area (Å²) in [6, 6.07) is 4.80. The van der Waals surface area contributed by atoms with Crippen LogP contribution in [0.3, 0.4) is 0 Å². The number of ether oxygens (including phenoxy) is 2. The molecule has 7 nitrogen and oxygen atoms in total. The highest BCUT2D eigenvalue weighted by molar-refractivity contribution is 7.07. The first kappa shape index (κ1) is 18.7. The van der Waals surface area contributed by atoms with E-state index in [1.54, 1.807) is 23.7 Å². The molecule has 25 heavy (non-hydrogen) atoms. The lowest BCUT2D eigenvalue weighted by molar-refractivity contribution is -0.137. The summed E-state index contributed by atoms with van der Waals surface area (Å²) in [5, 5.41) is 10.9. The van der Waals surface area contributed by atoms with Crippen LogP contribution in [0.15, 0.2) is 29.1 Å². The Bertz CT molecular complexity index is 718. The number of aliphatic carboxylic acids is 1. The number of aromatic nitrogens is 1. The molecule has 8 heteroatoms. The van der Waals surface area contributed by atoms with Crippen LogP contribution in [0, 0.1) is 0 Å². The first-order valence-corrected chi connectivity index (χ1v) is 8.68. The maximum atomic E-state index is 12.6. The Morgan fingerprint density at radius 1 is 1.32 bits per heavy atom. The number of carboxylic acids is 1. The molecule has 1 aromatic heterocycles. The molecule has 2 rings (SSSR count). The summed E-state index contributed by atoms with van der Waals surface area (Å²) in [6.45, 7) is 2.22. The van der Waals surface area contributed by atoms with Crippen molar-refractivity contribution >= 4 is 23.2 Å². The lowest BCUT2D eigenvalue weighted by Gasteiger charge is -2.20. The van der Waals surface area contributed by atoms with Gasteiger partial charge in [0.25, 0.3) is 5.91 Å². The molecule has 1 amide bonds. The van der Waals surface area contributed by atoms with E-state index in [1.807, 2.05) is 12.3 Å². The minimum atomic E-state index is -1.04. The molecule has 0 bridgehead atoms. The van der Waals surface area contributed by atoms with Crippen molar-refractivity contribution in [3.05, 3.63) is 40.3 Å². The van der Waals surface area contributed by atoms with Crippen molar-refractivity contribution in [3.8, 4) is 11.5 Å². The van der Waals surface area contributed by atoms with Gasteiger partial charge in [0.1, 0.15) is 13.2 Å². The number of carboxylic acid groups (broad SMARTS) is 1. The predicted octanol–water partition coefficient (Wildman–Crippen LogP) is 2.67. The number of hydrogen-bond acceptors (Lipinski definition) is 6. The number of nitrogens with zero attached hydrogens (tertiary/aromatic N) is 2. The molecule has 0 saturated heterocycles. The zero-order valence-electron chi connectivity index (χ0n) is 14.1. The van der Waals surface area contributed by atoms with Gasteiger partial charge in [-0.3, -0.25) is 9.59 Å². The normalized spacial score (nSPS) is 10.3. The topological polar surface area (TPSA) is 89.0 Å². The summed E-state index contributed by atoms with van der Waals surface area (Å²) in [7, 11) is 1.49. The fourth-order valence-corrected chi connectivity index (χ4v) is 2.79. The van der Waals surface area contributed by atoms with E-state index in [0.29, 0.717) is 36.6 Å². The lowest BCUT2D eigenvalue weighted by Crippen LogP contribution is -2.36. The Morgan fingerprint density at radius 2 is 2.12 bits per heavy atom. The summed E-state index contributed by atoms with van der Waals surface area (Å²) >= 11 is 1.48. The van der Waals surface area contributed by atoms with E-state index in [4.69, 9.17) is 14.6 Å². The standard InChI is InChI=1S/C17H20N2O5S/c1-3-6-19(8-16(20)21)17(22)12-4-5-14(15(7-12)23-2)24-9-13-10-25-11-18-13/h4-5,7,10-11H,3,6,8-9H2,1-2H3,(H,20,21). The molecule has 1 heterocycles. The van der Waals surface area contributed by atoms with Crippen LogP contribution in [0.5, 0.6) is 11.5 Å². The molecule has 0 unspecified atom stereocenters. The van der Waals surface area contributed by atoms with Crippen molar-refractivity contribution in [1.82, 2.24) is 9.88 Å². The fourth-order valence-electron chi connectivity index (χ4n) is 2.25. The van der Waals surface area contributed by atoms with Gasteiger partial charge in [0, 0.05) is 17.5 Å². The van der Waals surface area contributed by atoms with E-state index < -0.39 is 5.97 Å². The quantitative estimate of drug-likeness (QED) is 0.736. The van der Waals surface area contributed by atoms with Crippen LogP contribution in [-0.2, 0) is 11.4 Å². The van der Waals surface area contributed by atoms with Crippen LogP contribution in [0.1, 0.15) is 29.4 Å². The molecule has 0 fully saturated rings. The summed E-state index contributed by atoms with van der Waals surface area (Å²) in [5.74, 6) is -0.495. The van der Waals surface area contributed by atoms with Crippen molar-refractivity contribution in [1.29, 1.82) is 0 Å². The van der Waals surface area contributed by atoms with E-state index in [2.05, 4.69) is 4.98 Å². The van der Waals surface area contributed by atoms with Crippen molar-refractivity contribution in [2.24, 2.45) is 0 Å². The van der Waals surface area contributed by atoms with Gasteiger partial charge in [-0.2, -0.15) is 0 Å². The van der Waals surface area contributed by atoms with Gasteiger partial charge in [-0.1, -0.05) is 6.92 Å². The number of thiazole rings is 1. The fraction of sp³-hybridized carbons (Fsp3) is 0.353. The highest BCUT2D eigenvalue weighted by Crippen LogP contribution is 2.29. The first-order chi connectivity index (χ1) is 12.0. The van der Waals surface area contributed by atoms with Crippen LogP contribution >= 0.6 is 11.3 Å². The van der Waals surface area contributed by atoms with E-state index >= 15 is 0 Å². The van der Waals surface area contributed by atoms with Gasteiger partial charge in [0.15, 0.2) is 11.5 Å². The van der Waals surface area contributed by atoms with Crippen LogP contribution in [0.4, 0.5) is 0 Å². The maximum absolute atomic E-state index is 12.6. The average molecular weight is 364 g/mol. The van der Waals surface area contributed by atoms with Gasteiger partial charge in [0.05, 0.1) is 18.3 Å². The second-order valence-electron chi connectivity index (χ2n) is 5.25. The smallest absolute Gasteiger partial charge is 0.323 e. The summed E-state index contributed by atoms with van der Waals surface area (Å²) in [6.07, 6.45) is 0.672. The molecule has 0 aliphatic carbocycles. The third-order valence-electron chi connectivity index (χ3n) is 3.38. The average Bonchev–Trinajstić information content (AvgIpc) is 3.12. The Hall–Kier alpha value is -2.61. The Kier molecular flexibility index (Phi) is 6.76. The zero-order valence-corrected chi connectivity index (χ0v) is 14.9. The number of rotatable bonds is 9. The van der Waals surface area contributed by atoms with Crippen LogP contribution in [0.25, 0.3) is 0 Å².